The number of pyridine rings is 1. The first-order valence-electron chi connectivity index (χ1n) is 5.78. The number of nitriles is 1. The molecule has 0 saturated heterocycles. The molecule has 0 spiro atoms. The highest BCUT2D eigenvalue weighted by molar-refractivity contribution is 5.27. The zero-order chi connectivity index (χ0) is 13.0. The van der Waals surface area contributed by atoms with Crippen molar-refractivity contribution in [1.29, 1.82) is 5.26 Å². The second kappa shape index (κ2) is 5.32. The van der Waals surface area contributed by atoms with Crippen LogP contribution in [-0.2, 0) is 13.1 Å². The van der Waals surface area contributed by atoms with E-state index in [4.69, 9.17) is 5.26 Å². The number of aromatic nitrogens is 3. The van der Waals surface area contributed by atoms with E-state index in [1.807, 2.05) is 23.8 Å². The number of hydrogen-bond donors (Lipinski definition) is 0. The van der Waals surface area contributed by atoms with Gasteiger partial charge in [-0.15, -0.1) is 0 Å². The van der Waals surface area contributed by atoms with Crippen LogP contribution < -0.4 is 5.56 Å². The highest BCUT2D eigenvalue weighted by Gasteiger charge is 2.05. The van der Waals surface area contributed by atoms with Crippen LogP contribution in [0.25, 0.3) is 0 Å². The molecule has 0 radical (unpaired) electrons. The molecule has 2 aromatic rings. The minimum absolute atomic E-state index is 0.197. The standard InChI is InChI=1S/C13H14N4O/c1-11-3-4-12(9-14)13(18)17(11)7-2-6-16-8-5-15-10-16/h3-5,8,10H,2,6-7H2,1H3. The highest BCUT2D eigenvalue weighted by Crippen LogP contribution is 2.00. The van der Waals surface area contributed by atoms with Gasteiger partial charge in [0.05, 0.1) is 6.33 Å². The Kier molecular flexibility index (Phi) is 3.58. The van der Waals surface area contributed by atoms with Gasteiger partial charge in [0.15, 0.2) is 0 Å². The Labute approximate surface area is 105 Å². The van der Waals surface area contributed by atoms with Crippen LogP contribution in [0, 0.1) is 18.3 Å². The van der Waals surface area contributed by atoms with Crippen molar-refractivity contribution in [2.45, 2.75) is 26.4 Å². The summed E-state index contributed by atoms with van der Waals surface area (Å²) in [5.74, 6) is 0. The van der Waals surface area contributed by atoms with Crippen LogP contribution in [0.2, 0.25) is 0 Å². The monoisotopic (exact) mass is 242 g/mol. The summed E-state index contributed by atoms with van der Waals surface area (Å²) in [6.07, 6.45) is 6.20. The predicted octanol–water partition coefficient (Wildman–Crippen LogP) is 1.32. The van der Waals surface area contributed by atoms with Crippen molar-refractivity contribution in [3.8, 4) is 6.07 Å². The summed E-state index contributed by atoms with van der Waals surface area (Å²) < 4.78 is 3.62. The molecule has 5 nitrogen and oxygen atoms in total. The molecule has 0 amide bonds. The van der Waals surface area contributed by atoms with E-state index in [-0.39, 0.29) is 11.1 Å². The first kappa shape index (κ1) is 12.1. The molecule has 92 valence electrons. The van der Waals surface area contributed by atoms with Crippen LogP contribution in [0.3, 0.4) is 0 Å². The van der Waals surface area contributed by atoms with E-state index in [9.17, 15) is 4.79 Å². The van der Waals surface area contributed by atoms with Crippen molar-refractivity contribution in [2.75, 3.05) is 0 Å². The van der Waals surface area contributed by atoms with Crippen molar-refractivity contribution < 1.29 is 0 Å². The Morgan fingerprint density at radius 3 is 2.89 bits per heavy atom. The molecule has 0 N–H and O–H groups in total. The van der Waals surface area contributed by atoms with Gasteiger partial charge in [-0.25, -0.2) is 4.98 Å². The van der Waals surface area contributed by atoms with Crippen LogP contribution in [-0.4, -0.2) is 14.1 Å². The molecular weight excluding hydrogens is 228 g/mol. The van der Waals surface area contributed by atoms with E-state index in [1.54, 1.807) is 29.2 Å². The molecule has 0 unspecified atom stereocenters. The van der Waals surface area contributed by atoms with Crippen molar-refractivity contribution in [3.05, 3.63) is 52.5 Å². The summed E-state index contributed by atoms with van der Waals surface area (Å²) in [7, 11) is 0. The van der Waals surface area contributed by atoms with E-state index in [0.717, 1.165) is 18.7 Å². The van der Waals surface area contributed by atoms with Gasteiger partial charge in [-0.1, -0.05) is 0 Å². The third kappa shape index (κ3) is 2.48. The van der Waals surface area contributed by atoms with Crippen LogP contribution in [0.15, 0.2) is 35.6 Å². The fraction of sp³-hybridized carbons (Fsp3) is 0.308. The molecule has 0 aliphatic heterocycles. The Balaban J connectivity index is 2.10. The molecule has 0 aliphatic carbocycles. The van der Waals surface area contributed by atoms with Crippen LogP contribution in [0.1, 0.15) is 17.7 Å². The van der Waals surface area contributed by atoms with Gasteiger partial charge in [-0.3, -0.25) is 4.79 Å². The van der Waals surface area contributed by atoms with E-state index < -0.39 is 0 Å². The Bertz CT molecular complexity index is 619. The van der Waals surface area contributed by atoms with Crippen molar-refractivity contribution in [2.24, 2.45) is 0 Å². The van der Waals surface area contributed by atoms with Crippen LogP contribution in [0.5, 0.6) is 0 Å². The number of nitrogens with zero attached hydrogens (tertiary/aromatic N) is 4. The SMILES string of the molecule is Cc1ccc(C#N)c(=O)n1CCCn1ccnc1. The van der Waals surface area contributed by atoms with Crippen molar-refractivity contribution in [1.82, 2.24) is 14.1 Å². The summed E-state index contributed by atoms with van der Waals surface area (Å²) in [6.45, 7) is 3.29. The summed E-state index contributed by atoms with van der Waals surface area (Å²) in [5.41, 5.74) is 0.871. The molecule has 0 saturated carbocycles. The lowest BCUT2D eigenvalue weighted by Crippen LogP contribution is -2.24. The van der Waals surface area contributed by atoms with Crippen LogP contribution in [0.4, 0.5) is 0 Å². The maximum Gasteiger partial charge on any atom is 0.268 e. The molecule has 2 heterocycles. The van der Waals surface area contributed by atoms with Gasteiger partial charge in [0, 0.05) is 31.2 Å². The highest BCUT2D eigenvalue weighted by atomic mass is 16.1. The van der Waals surface area contributed by atoms with E-state index >= 15 is 0 Å². The van der Waals surface area contributed by atoms with Gasteiger partial charge in [0.2, 0.25) is 0 Å². The maximum atomic E-state index is 11.9. The lowest BCUT2D eigenvalue weighted by Gasteiger charge is -2.10. The zero-order valence-corrected chi connectivity index (χ0v) is 10.2. The smallest absolute Gasteiger partial charge is 0.268 e. The van der Waals surface area contributed by atoms with E-state index in [1.165, 1.54) is 0 Å². The van der Waals surface area contributed by atoms with Crippen molar-refractivity contribution >= 4 is 0 Å². The molecule has 0 atom stereocenters. The lowest BCUT2D eigenvalue weighted by molar-refractivity contribution is 0.544. The second-order valence-corrected chi connectivity index (χ2v) is 4.11. The normalized spacial score (nSPS) is 10.2. The van der Waals surface area contributed by atoms with E-state index in [0.29, 0.717) is 6.54 Å². The summed E-state index contributed by atoms with van der Waals surface area (Å²) in [6, 6.07) is 5.29. The summed E-state index contributed by atoms with van der Waals surface area (Å²) >= 11 is 0. The number of aryl methyl sites for hydroxylation is 2. The Morgan fingerprint density at radius 2 is 2.22 bits per heavy atom. The Morgan fingerprint density at radius 1 is 1.39 bits per heavy atom. The molecule has 2 aromatic heterocycles. The van der Waals surface area contributed by atoms with E-state index in [2.05, 4.69) is 4.98 Å². The average Bonchev–Trinajstić information content (AvgIpc) is 2.86. The van der Waals surface area contributed by atoms with Gasteiger partial charge in [0.25, 0.3) is 5.56 Å². The minimum Gasteiger partial charge on any atom is -0.337 e. The van der Waals surface area contributed by atoms with Crippen LogP contribution >= 0.6 is 0 Å². The molecule has 0 fully saturated rings. The fourth-order valence-electron chi connectivity index (χ4n) is 1.86. The van der Waals surface area contributed by atoms with Gasteiger partial charge in [-0.05, 0) is 25.5 Å². The number of rotatable bonds is 4. The minimum atomic E-state index is -0.205. The fourth-order valence-corrected chi connectivity index (χ4v) is 1.86. The third-order valence-corrected chi connectivity index (χ3v) is 2.87. The first-order valence-corrected chi connectivity index (χ1v) is 5.78. The molecular formula is C13H14N4O. The maximum absolute atomic E-state index is 11.9. The molecule has 0 aromatic carbocycles. The second-order valence-electron chi connectivity index (χ2n) is 4.11. The summed E-state index contributed by atoms with van der Waals surface area (Å²) in [5, 5.41) is 8.83. The lowest BCUT2D eigenvalue weighted by atomic mass is 10.2. The van der Waals surface area contributed by atoms with Gasteiger partial charge >= 0.3 is 0 Å². The van der Waals surface area contributed by atoms with Gasteiger partial charge < -0.3 is 9.13 Å². The number of hydrogen-bond acceptors (Lipinski definition) is 3. The molecule has 18 heavy (non-hydrogen) atoms. The van der Waals surface area contributed by atoms with Crippen molar-refractivity contribution in [3.63, 3.8) is 0 Å². The van der Waals surface area contributed by atoms with Gasteiger partial charge in [-0.2, -0.15) is 5.26 Å². The average molecular weight is 242 g/mol. The molecule has 5 heteroatoms. The molecule has 2 rings (SSSR count). The Hall–Kier alpha value is -2.35. The topological polar surface area (TPSA) is 63.6 Å². The summed E-state index contributed by atoms with van der Waals surface area (Å²) in [4.78, 5) is 15.9. The molecule has 0 aliphatic rings. The zero-order valence-electron chi connectivity index (χ0n) is 10.2. The predicted molar refractivity (Wildman–Crippen MR) is 67.0 cm³/mol. The third-order valence-electron chi connectivity index (χ3n) is 2.87. The number of imidazole rings is 1. The van der Waals surface area contributed by atoms with Gasteiger partial charge in [0.1, 0.15) is 11.6 Å². The first-order chi connectivity index (χ1) is 8.72. The molecule has 0 bridgehead atoms. The largest absolute Gasteiger partial charge is 0.337 e. The quantitative estimate of drug-likeness (QED) is 0.812.